The molecular formula is C14H17N3O6. The van der Waals surface area contributed by atoms with Crippen molar-refractivity contribution in [2.45, 2.75) is 24.9 Å². The summed E-state index contributed by atoms with van der Waals surface area (Å²) in [6, 6.07) is 5.78. The number of nitroso groups, excluding NO2 is 1. The third kappa shape index (κ3) is 5.15. The molecule has 9 nitrogen and oxygen atoms in total. The van der Waals surface area contributed by atoms with Gasteiger partial charge in [-0.05, 0) is 5.56 Å². The number of rotatable bonds is 8. The standard InChI is InChI=1S/C14H17N3O6/c1-23-14(21)11(7-9-5-3-2-4-6-9)17(16-22)13(20)10(15)8-12(18)19/h2-6,10-11H,7-8,15H2,1H3,(H,18,19)/t10-,11-/m0/s1. The van der Waals surface area contributed by atoms with Gasteiger partial charge < -0.3 is 15.6 Å². The topological polar surface area (TPSA) is 139 Å². The average molecular weight is 323 g/mol. The molecule has 0 aliphatic heterocycles. The van der Waals surface area contributed by atoms with Gasteiger partial charge in [-0.15, -0.1) is 4.91 Å². The zero-order valence-corrected chi connectivity index (χ0v) is 12.4. The Hall–Kier alpha value is -2.81. The number of amides is 1. The second kappa shape index (κ2) is 8.59. The Bertz CT molecular complexity index is 577. The van der Waals surface area contributed by atoms with E-state index in [0.29, 0.717) is 10.6 Å². The highest BCUT2D eigenvalue weighted by Crippen LogP contribution is 2.13. The van der Waals surface area contributed by atoms with Crippen LogP contribution in [0.25, 0.3) is 0 Å². The molecule has 3 N–H and O–H groups in total. The van der Waals surface area contributed by atoms with Crippen LogP contribution in [0.5, 0.6) is 0 Å². The minimum atomic E-state index is -1.49. The number of hydrogen-bond acceptors (Lipinski definition) is 7. The maximum atomic E-state index is 12.1. The van der Waals surface area contributed by atoms with Gasteiger partial charge in [-0.1, -0.05) is 30.3 Å². The molecule has 0 aliphatic carbocycles. The Kier molecular flexibility index (Phi) is 6.81. The van der Waals surface area contributed by atoms with Crippen molar-refractivity contribution in [3.63, 3.8) is 0 Å². The molecule has 1 aromatic rings. The summed E-state index contributed by atoms with van der Waals surface area (Å²) in [6.07, 6.45) is -0.713. The van der Waals surface area contributed by atoms with Crippen LogP contribution in [0.15, 0.2) is 35.6 Å². The van der Waals surface area contributed by atoms with Crippen molar-refractivity contribution in [2.24, 2.45) is 11.0 Å². The highest BCUT2D eigenvalue weighted by Gasteiger charge is 2.35. The molecule has 1 amide bonds. The van der Waals surface area contributed by atoms with Crippen molar-refractivity contribution >= 4 is 17.8 Å². The molecule has 0 unspecified atom stereocenters. The zero-order valence-electron chi connectivity index (χ0n) is 12.4. The van der Waals surface area contributed by atoms with E-state index in [2.05, 4.69) is 10.0 Å². The second-order valence-electron chi connectivity index (χ2n) is 4.70. The summed E-state index contributed by atoms with van der Waals surface area (Å²) >= 11 is 0. The van der Waals surface area contributed by atoms with Crippen LogP contribution in [0.2, 0.25) is 0 Å². The minimum Gasteiger partial charge on any atom is -0.481 e. The number of nitrogens with two attached hydrogens (primary N) is 1. The van der Waals surface area contributed by atoms with E-state index in [-0.39, 0.29) is 6.42 Å². The number of aliphatic carboxylic acids is 1. The first-order chi connectivity index (χ1) is 10.9. The molecule has 0 heterocycles. The van der Waals surface area contributed by atoms with Crippen molar-refractivity contribution in [1.82, 2.24) is 5.01 Å². The predicted octanol–water partition coefficient (Wildman–Crippen LogP) is 0.0827. The second-order valence-corrected chi connectivity index (χ2v) is 4.70. The number of esters is 1. The third-order valence-electron chi connectivity index (χ3n) is 3.07. The summed E-state index contributed by atoms with van der Waals surface area (Å²) < 4.78 is 4.59. The molecule has 1 aromatic carbocycles. The monoisotopic (exact) mass is 323 g/mol. The Morgan fingerprint density at radius 2 is 1.91 bits per heavy atom. The van der Waals surface area contributed by atoms with E-state index in [1.54, 1.807) is 30.3 Å². The summed E-state index contributed by atoms with van der Waals surface area (Å²) in [5.74, 6) is -3.23. The summed E-state index contributed by atoms with van der Waals surface area (Å²) in [5.41, 5.74) is 6.11. The van der Waals surface area contributed by atoms with E-state index < -0.39 is 36.4 Å². The van der Waals surface area contributed by atoms with E-state index in [1.807, 2.05) is 0 Å². The molecule has 2 atom stereocenters. The van der Waals surface area contributed by atoms with Crippen molar-refractivity contribution in [1.29, 1.82) is 0 Å². The quantitative estimate of drug-likeness (QED) is 0.392. The van der Waals surface area contributed by atoms with Crippen LogP contribution in [0.4, 0.5) is 0 Å². The Morgan fingerprint density at radius 3 is 2.39 bits per heavy atom. The van der Waals surface area contributed by atoms with Crippen LogP contribution in [0.3, 0.4) is 0 Å². The van der Waals surface area contributed by atoms with E-state index in [1.165, 1.54) is 0 Å². The van der Waals surface area contributed by atoms with Gasteiger partial charge in [0.25, 0.3) is 5.91 Å². The number of carboxylic acid groups (broad SMARTS) is 1. The lowest BCUT2D eigenvalue weighted by Gasteiger charge is -2.24. The van der Waals surface area contributed by atoms with Gasteiger partial charge in [0.1, 0.15) is 0 Å². The van der Waals surface area contributed by atoms with Crippen LogP contribution in [0.1, 0.15) is 12.0 Å². The fraction of sp³-hybridized carbons (Fsp3) is 0.357. The molecule has 0 bridgehead atoms. The van der Waals surface area contributed by atoms with Crippen LogP contribution in [-0.2, 0) is 25.5 Å². The minimum absolute atomic E-state index is 0.0230. The van der Waals surface area contributed by atoms with Gasteiger partial charge in [-0.2, -0.15) is 5.01 Å². The smallest absolute Gasteiger partial charge is 0.331 e. The average Bonchev–Trinajstić information content (AvgIpc) is 2.54. The first kappa shape index (κ1) is 18.2. The van der Waals surface area contributed by atoms with Gasteiger partial charge in [0.2, 0.25) is 0 Å². The molecule has 0 radical (unpaired) electrons. The number of carboxylic acids is 1. The Balaban J connectivity index is 3.02. The summed E-state index contributed by atoms with van der Waals surface area (Å²) in [4.78, 5) is 45.6. The zero-order chi connectivity index (χ0) is 17.4. The van der Waals surface area contributed by atoms with Gasteiger partial charge in [-0.25, -0.2) is 4.79 Å². The fourth-order valence-corrected chi connectivity index (χ4v) is 1.94. The van der Waals surface area contributed by atoms with Crippen LogP contribution in [0, 0.1) is 4.91 Å². The third-order valence-corrected chi connectivity index (χ3v) is 3.07. The molecule has 9 heteroatoms. The highest BCUT2D eigenvalue weighted by atomic mass is 16.5. The fourth-order valence-electron chi connectivity index (χ4n) is 1.94. The lowest BCUT2D eigenvalue weighted by Crippen LogP contribution is -2.50. The van der Waals surface area contributed by atoms with Gasteiger partial charge >= 0.3 is 11.9 Å². The number of benzene rings is 1. The van der Waals surface area contributed by atoms with E-state index in [0.717, 1.165) is 7.11 Å². The SMILES string of the molecule is COC(=O)[C@H](Cc1ccccc1)N(N=O)C(=O)[C@@H](N)CC(=O)O. The largest absolute Gasteiger partial charge is 0.481 e. The molecule has 0 fully saturated rings. The molecule has 0 aliphatic rings. The number of methoxy groups -OCH3 is 1. The molecule has 0 saturated carbocycles. The van der Waals surface area contributed by atoms with Crippen LogP contribution >= 0.6 is 0 Å². The number of carbonyl (C=O) groups is 3. The molecule has 124 valence electrons. The van der Waals surface area contributed by atoms with Gasteiger partial charge in [0, 0.05) is 6.42 Å². The molecule has 0 spiro atoms. The lowest BCUT2D eigenvalue weighted by molar-refractivity contribution is -0.154. The van der Waals surface area contributed by atoms with Crippen LogP contribution < -0.4 is 5.73 Å². The molecule has 1 rings (SSSR count). The Morgan fingerprint density at radius 1 is 1.30 bits per heavy atom. The predicted molar refractivity (Wildman–Crippen MR) is 78.8 cm³/mol. The first-order valence-electron chi connectivity index (χ1n) is 6.66. The van der Waals surface area contributed by atoms with E-state index in [4.69, 9.17) is 10.8 Å². The maximum absolute atomic E-state index is 12.1. The first-order valence-corrected chi connectivity index (χ1v) is 6.66. The maximum Gasteiger partial charge on any atom is 0.331 e. The number of nitrogens with zero attached hydrogens (tertiary/aromatic N) is 2. The highest BCUT2D eigenvalue weighted by molar-refractivity contribution is 5.89. The van der Waals surface area contributed by atoms with Crippen LogP contribution in [-0.4, -0.2) is 47.2 Å². The molecule has 0 saturated heterocycles. The molecular weight excluding hydrogens is 306 g/mol. The van der Waals surface area contributed by atoms with Gasteiger partial charge in [0.05, 0.1) is 24.9 Å². The van der Waals surface area contributed by atoms with E-state index >= 15 is 0 Å². The number of carbonyl (C=O) groups excluding carboxylic acids is 2. The molecule has 0 aromatic heterocycles. The number of ether oxygens (including phenoxy) is 1. The Labute approximate surface area is 132 Å². The van der Waals surface area contributed by atoms with Crippen molar-refractivity contribution in [3.05, 3.63) is 40.8 Å². The summed E-state index contributed by atoms with van der Waals surface area (Å²) in [7, 11) is 1.10. The van der Waals surface area contributed by atoms with Gasteiger partial charge in [-0.3, -0.25) is 9.59 Å². The van der Waals surface area contributed by atoms with Crippen molar-refractivity contribution in [2.75, 3.05) is 7.11 Å². The molecule has 23 heavy (non-hydrogen) atoms. The van der Waals surface area contributed by atoms with Crippen molar-refractivity contribution < 1.29 is 24.2 Å². The van der Waals surface area contributed by atoms with E-state index in [9.17, 15) is 19.3 Å². The lowest BCUT2D eigenvalue weighted by atomic mass is 10.0. The normalized spacial score (nSPS) is 12.8. The summed E-state index contributed by atoms with van der Waals surface area (Å²) in [5, 5.41) is 11.5. The number of hydrogen-bond donors (Lipinski definition) is 2. The summed E-state index contributed by atoms with van der Waals surface area (Å²) in [6.45, 7) is 0. The van der Waals surface area contributed by atoms with Crippen molar-refractivity contribution in [3.8, 4) is 0 Å². The van der Waals surface area contributed by atoms with Gasteiger partial charge in [0.15, 0.2) is 6.04 Å².